The molecule has 0 spiro atoms. The summed E-state index contributed by atoms with van der Waals surface area (Å²) in [6.45, 7) is -0.381. The Kier molecular flexibility index (Phi) is 6.74. The Bertz CT molecular complexity index is 803. The minimum absolute atomic E-state index is 0.118. The number of carbonyl (C=O) groups is 2. The van der Waals surface area contributed by atoms with E-state index in [1.165, 1.54) is 12.2 Å². The van der Waals surface area contributed by atoms with E-state index in [4.69, 9.17) is 9.84 Å². The number of allylic oxidation sites excluding steroid dienone is 2. The van der Waals surface area contributed by atoms with E-state index in [2.05, 4.69) is 0 Å². The van der Waals surface area contributed by atoms with E-state index in [0.717, 1.165) is 16.8 Å². The van der Waals surface area contributed by atoms with E-state index in [1.807, 2.05) is 43.3 Å². The number of carbonyl (C=O) groups excluding carboxylic acids is 1. The molecule has 0 fully saturated rings. The second-order valence-electron chi connectivity index (χ2n) is 5.81. The van der Waals surface area contributed by atoms with Gasteiger partial charge in [-0.1, -0.05) is 36.4 Å². The van der Waals surface area contributed by atoms with Gasteiger partial charge in [-0.15, -0.1) is 0 Å². The number of benzene rings is 2. The predicted molar refractivity (Wildman–Crippen MR) is 103 cm³/mol. The lowest BCUT2D eigenvalue weighted by atomic mass is 10.1. The number of carboxylic acids is 1. The Labute approximate surface area is 152 Å². The van der Waals surface area contributed by atoms with Gasteiger partial charge < -0.3 is 14.7 Å². The molecule has 0 aliphatic rings. The van der Waals surface area contributed by atoms with Crippen molar-refractivity contribution in [3.63, 3.8) is 0 Å². The third-order valence-electron chi connectivity index (χ3n) is 3.53. The van der Waals surface area contributed by atoms with Crippen molar-refractivity contribution in [1.82, 2.24) is 0 Å². The fourth-order valence-corrected chi connectivity index (χ4v) is 2.12. The van der Waals surface area contributed by atoms with Gasteiger partial charge in [0.05, 0.1) is 0 Å². The topological polar surface area (TPSA) is 66.8 Å². The standard InChI is InChI=1S/C21H21NO4/c1-22(2)18-9-3-16(4-10-18)5-11-19(23)12-6-17-7-13-20(14-8-17)26-15-21(24)25/h3-14H,15H2,1-2H3,(H,24,25). The van der Waals surface area contributed by atoms with Crippen molar-refractivity contribution in [2.24, 2.45) is 0 Å². The van der Waals surface area contributed by atoms with Crippen LogP contribution in [-0.4, -0.2) is 37.6 Å². The molecule has 2 rings (SSSR count). The van der Waals surface area contributed by atoms with E-state index < -0.39 is 5.97 Å². The van der Waals surface area contributed by atoms with Crippen molar-refractivity contribution < 1.29 is 19.4 Å². The van der Waals surface area contributed by atoms with Gasteiger partial charge in [0.25, 0.3) is 0 Å². The Morgan fingerprint density at radius 3 is 1.88 bits per heavy atom. The van der Waals surface area contributed by atoms with Gasteiger partial charge in [0.2, 0.25) is 0 Å². The van der Waals surface area contributed by atoms with Crippen molar-refractivity contribution in [2.45, 2.75) is 0 Å². The third kappa shape index (κ3) is 6.28. The molecule has 0 radical (unpaired) electrons. The Balaban J connectivity index is 1.91. The molecular formula is C21H21NO4. The fraction of sp³-hybridized carbons (Fsp3) is 0.143. The summed E-state index contributed by atoms with van der Waals surface area (Å²) in [7, 11) is 3.95. The summed E-state index contributed by atoms with van der Waals surface area (Å²) in [6, 6.07) is 14.7. The van der Waals surface area contributed by atoms with E-state index in [0.29, 0.717) is 5.75 Å². The molecule has 0 saturated heterocycles. The van der Waals surface area contributed by atoms with Crippen molar-refractivity contribution in [3.8, 4) is 5.75 Å². The molecular weight excluding hydrogens is 330 g/mol. The average Bonchev–Trinajstić information content (AvgIpc) is 2.64. The summed E-state index contributed by atoms with van der Waals surface area (Å²) < 4.78 is 5.05. The molecule has 0 unspecified atom stereocenters. The van der Waals surface area contributed by atoms with Crippen LogP contribution in [0.3, 0.4) is 0 Å². The molecule has 0 amide bonds. The molecule has 0 aliphatic heterocycles. The monoisotopic (exact) mass is 351 g/mol. The highest BCUT2D eigenvalue weighted by molar-refractivity contribution is 6.04. The maximum Gasteiger partial charge on any atom is 0.341 e. The zero-order valence-electron chi connectivity index (χ0n) is 14.8. The maximum absolute atomic E-state index is 11.9. The van der Waals surface area contributed by atoms with Gasteiger partial charge in [0.15, 0.2) is 12.4 Å². The minimum atomic E-state index is -1.03. The lowest BCUT2D eigenvalue weighted by Gasteiger charge is -2.11. The first kappa shape index (κ1) is 19.0. The minimum Gasteiger partial charge on any atom is -0.482 e. The number of nitrogens with zero attached hydrogens (tertiary/aromatic N) is 1. The van der Waals surface area contributed by atoms with Gasteiger partial charge in [-0.05, 0) is 47.5 Å². The van der Waals surface area contributed by atoms with Crippen LogP contribution in [0.4, 0.5) is 5.69 Å². The second-order valence-corrected chi connectivity index (χ2v) is 5.81. The summed E-state index contributed by atoms with van der Waals surface area (Å²) in [5, 5.41) is 8.56. The van der Waals surface area contributed by atoms with E-state index in [1.54, 1.807) is 36.4 Å². The predicted octanol–water partition coefficient (Wildman–Crippen LogP) is 3.51. The third-order valence-corrected chi connectivity index (χ3v) is 3.53. The van der Waals surface area contributed by atoms with Crippen LogP contribution in [-0.2, 0) is 9.59 Å². The van der Waals surface area contributed by atoms with Crippen molar-refractivity contribution in [1.29, 1.82) is 0 Å². The van der Waals surface area contributed by atoms with Crippen LogP contribution in [0.15, 0.2) is 60.7 Å². The molecule has 0 aromatic heterocycles. The summed E-state index contributed by atoms with van der Waals surface area (Å²) >= 11 is 0. The van der Waals surface area contributed by atoms with Crippen molar-refractivity contribution in [3.05, 3.63) is 71.8 Å². The molecule has 0 heterocycles. The van der Waals surface area contributed by atoms with Crippen LogP contribution >= 0.6 is 0 Å². The van der Waals surface area contributed by atoms with Crippen molar-refractivity contribution >= 4 is 29.6 Å². The highest BCUT2D eigenvalue weighted by Gasteiger charge is 1.99. The SMILES string of the molecule is CN(C)c1ccc(C=CC(=O)C=Cc2ccc(OCC(=O)O)cc2)cc1. The highest BCUT2D eigenvalue weighted by atomic mass is 16.5. The largest absolute Gasteiger partial charge is 0.482 e. The zero-order chi connectivity index (χ0) is 18.9. The smallest absolute Gasteiger partial charge is 0.341 e. The number of rotatable bonds is 8. The maximum atomic E-state index is 11.9. The second kappa shape index (κ2) is 9.22. The van der Waals surface area contributed by atoms with E-state index >= 15 is 0 Å². The molecule has 0 bridgehead atoms. The molecule has 0 atom stereocenters. The molecule has 26 heavy (non-hydrogen) atoms. The number of aliphatic carboxylic acids is 1. The first-order valence-electron chi connectivity index (χ1n) is 8.06. The quantitative estimate of drug-likeness (QED) is 0.737. The van der Waals surface area contributed by atoms with Crippen LogP contribution in [0.2, 0.25) is 0 Å². The van der Waals surface area contributed by atoms with Gasteiger partial charge >= 0.3 is 5.97 Å². The van der Waals surface area contributed by atoms with Crippen molar-refractivity contribution in [2.75, 3.05) is 25.6 Å². The number of hydrogen-bond acceptors (Lipinski definition) is 4. The first-order chi connectivity index (χ1) is 12.4. The number of ketones is 1. The highest BCUT2D eigenvalue weighted by Crippen LogP contribution is 2.14. The number of carboxylic acid groups (broad SMARTS) is 1. The zero-order valence-corrected chi connectivity index (χ0v) is 14.8. The Hall–Kier alpha value is -3.34. The van der Waals surface area contributed by atoms with Crippen LogP contribution in [0.1, 0.15) is 11.1 Å². The molecule has 0 aliphatic carbocycles. The van der Waals surface area contributed by atoms with Gasteiger partial charge in [-0.25, -0.2) is 4.79 Å². The van der Waals surface area contributed by atoms with Gasteiger partial charge in [-0.2, -0.15) is 0 Å². The Morgan fingerprint density at radius 2 is 1.42 bits per heavy atom. The molecule has 0 saturated carbocycles. The number of hydrogen-bond donors (Lipinski definition) is 1. The van der Waals surface area contributed by atoms with Crippen LogP contribution < -0.4 is 9.64 Å². The number of anilines is 1. The van der Waals surface area contributed by atoms with Gasteiger partial charge in [-0.3, -0.25) is 4.79 Å². The van der Waals surface area contributed by atoms with Crippen LogP contribution in [0, 0.1) is 0 Å². The molecule has 5 nitrogen and oxygen atoms in total. The first-order valence-corrected chi connectivity index (χ1v) is 8.06. The molecule has 2 aromatic rings. The lowest BCUT2D eigenvalue weighted by Crippen LogP contribution is -2.09. The van der Waals surface area contributed by atoms with Gasteiger partial charge in [0.1, 0.15) is 5.75 Å². The summed E-state index contributed by atoms with van der Waals surface area (Å²) in [5.74, 6) is -0.674. The molecule has 1 N–H and O–H groups in total. The van der Waals surface area contributed by atoms with E-state index in [9.17, 15) is 9.59 Å². The summed E-state index contributed by atoms with van der Waals surface area (Å²) in [6.07, 6.45) is 6.47. The molecule has 5 heteroatoms. The average molecular weight is 351 g/mol. The van der Waals surface area contributed by atoms with Crippen LogP contribution in [0.5, 0.6) is 5.75 Å². The summed E-state index contributed by atoms with van der Waals surface area (Å²) in [5.41, 5.74) is 2.88. The van der Waals surface area contributed by atoms with Crippen LogP contribution in [0.25, 0.3) is 12.2 Å². The number of ether oxygens (including phenoxy) is 1. The van der Waals surface area contributed by atoms with Gasteiger partial charge in [0, 0.05) is 19.8 Å². The van der Waals surface area contributed by atoms with E-state index in [-0.39, 0.29) is 12.4 Å². The summed E-state index contributed by atoms with van der Waals surface area (Å²) in [4.78, 5) is 24.4. The molecule has 134 valence electrons. The lowest BCUT2D eigenvalue weighted by molar-refractivity contribution is -0.139. The Morgan fingerprint density at radius 1 is 0.923 bits per heavy atom. The molecule has 2 aromatic carbocycles. The fourth-order valence-electron chi connectivity index (χ4n) is 2.12. The normalized spacial score (nSPS) is 11.0.